The summed E-state index contributed by atoms with van der Waals surface area (Å²) in [7, 11) is 1.62. The van der Waals surface area contributed by atoms with Crippen molar-refractivity contribution >= 4 is 24.2 Å². The average Bonchev–Trinajstić information content (AvgIpc) is 2.43. The number of nitrogens with one attached hydrogen (secondary N) is 2. The van der Waals surface area contributed by atoms with E-state index >= 15 is 0 Å². The van der Waals surface area contributed by atoms with Crippen LogP contribution in [0.25, 0.3) is 0 Å². The zero-order valence-corrected chi connectivity index (χ0v) is 14.7. The molecule has 128 valence electrons. The third-order valence-electron chi connectivity index (χ3n) is 5.33. The maximum absolute atomic E-state index is 12.4. The third-order valence-corrected chi connectivity index (χ3v) is 5.33. The van der Waals surface area contributed by atoms with Crippen molar-refractivity contribution in [1.29, 1.82) is 0 Å². The molecule has 0 aromatic rings. The van der Waals surface area contributed by atoms with E-state index < -0.39 is 5.41 Å². The lowest BCUT2D eigenvalue weighted by molar-refractivity contribution is -0.131. The second kappa shape index (κ2) is 7.64. The van der Waals surface area contributed by atoms with Gasteiger partial charge in [0.1, 0.15) is 0 Å². The molecule has 2 bridgehead atoms. The van der Waals surface area contributed by atoms with Crippen LogP contribution in [-0.4, -0.2) is 31.4 Å². The minimum Gasteiger partial charge on any atom is -0.359 e. The van der Waals surface area contributed by atoms with Crippen LogP contribution in [0, 0.1) is 23.2 Å². The normalized spacial score (nSPS) is 30.9. The molecule has 6 heteroatoms. The number of amides is 2. The summed E-state index contributed by atoms with van der Waals surface area (Å²) in [6.45, 7) is 4.07. The maximum atomic E-state index is 12.4. The Morgan fingerprint density at radius 2 is 1.73 bits per heavy atom. The Bertz CT molecular complexity index is 400. The van der Waals surface area contributed by atoms with Gasteiger partial charge in [-0.25, -0.2) is 0 Å². The highest BCUT2D eigenvalue weighted by Gasteiger charge is 2.40. The van der Waals surface area contributed by atoms with Gasteiger partial charge in [-0.2, -0.15) is 0 Å². The molecule has 5 nitrogen and oxygen atoms in total. The molecule has 0 radical (unpaired) electrons. The second-order valence-corrected chi connectivity index (χ2v) is 7.38. The van der Waals surface area contributed by atoms with Gasteiger partial charge in [-0.1, -0.05) is 6.42 Å². The smallest absolute Gasteiger partial charge is 0.227 e. The van der Waals surface area contributed by atoms with Gasteiger partial charge in [0.15, 0.2) is 0 Å². The molecular weight excluding hydrogens is 302 g/mol. The van der Waals surface area contributed by atoms with Gasteiger partial charge in [-0.15, -0.1) is 12.4 Å². The van der Waals surface area contributed by atoms with Crippen LogP contribution in [0.1, 0.15) is 46.0 Å². The number of hydrogen-bond donors (Lipinski definition) is 3. The minimum atomic E-state index is -0.578. The van der Waals surface area contributed by atoms with Gasteiger partial charge >= 0.3 is 0 Å². The van der Waals surface area contributed by atoms with E-state index in [-0.39, 0.29) is 36.2 Å². The van der Waals surface area contributed by atoms with Crippen LogP contribution in [0.3, 0.4) is 0 Å². The standard InChI is InChI=1S/C16H29N3O2.ClH/c1-16(2,15(21)18-3)9-19-14(20)12-7-10-5-4-6-11(8-12)13(10)17;/h10-13H,4-9,17H2,1-3H3,(H,18,21)(H,19,20);1H. The lowest BCUT2D eigenvalue weighted by atomic mass is 9.65. The van der Waals surface area contributed by atoms with Crippen molar-refractivity contribution in [2.24, 2.45) is 28.9 Å². The maximum Gasteiger partial charge on any atom is 0.227 e. The van der Waals surface area contributed by atoms with Crippen molar-refractivity contribution in [1.82, 2.24) is 10.6 Å². The van der Waals surface area contributed by atoms with Crippen LogP contribution < -0.4 is 16.4 Å². The Labute approximate surface area is 139 Å². The zero-order chi connectivity index (χ0) is 15.6. The van der Waals surface area contributed by atoms with E-state index in [0.717, 1.165) is 25.7 Å². The molecule has 2 saturated carbocycles. The SMILES string of the molecule is CNC(=O)C(C)(C)CNC(=O)C1CC2CCCC(C1)C2N.Cl. The van der Waals surface area contributed by atoms with E-state index in [0.29, 0.717) is 18.4 Å². The van der Waals surface area contributed by atoms with Gasteiger partial charge in [0.2, 0.25) is 11.8 Å². The van der Waals surface area contributed by atoms with Gasteiger partial charge in [0.25, 0.3) is 0 Å². The van der Waals surface area contributed by atoms with Crippen molar-refractivity contribution < 1.29 is 9.59 Å². The number of carbonyl (C=O) groups excluding carboxylic acids is 2. The molecule has 0 aliphatic heterocycles. The fourth-order valence-corrected chi connectivity index (χ4v) is 3.87. The molecular formula is C16H30ClN3O2. The molecule has 0 saturated heterocycles. The van der Waals surface area contributed by atoms with Gasteiger partial charge in [0.05, 0.1) is 5.41 Å². The molecule has 2 rings (SSSR count). The second-order valence-electron chi connectivity index (χ2n) is 7.38. The van der Waals surface area contributed by atoms with E-state index in [1.165, 1.54) is 6.42 Å². The van der Waals surface area contributed by atoms with Gasteiger partial charge in [-0.05, 0) is 51.4 Å². The molecule has 2 unspecified atom stereocenters. The van der Waals surface area contributed by atoms with E-state index in [1.807, 2.05) is 13.8 Å². The summed E-state index contributed by atoms with van der Waals surface area (Å²) in [6.07, 6.45) is 5.38. The Kier molecular flexibility index (Phi) is 6.68. The fraction of sp³-hybridized carbons (Fsp3) is 0.875. The number of nitrogens with two attached hydrogens (primary N) is 1. The predicted molar refractivity (Wildman–Crippen MR) is 89.6 cm³/mol. The Morgan fingerprint density at radius 1 is 1.18 bits per heavy atom. The third kappa shape index (κ3) is 4.13. The first kappa shape index (κ1) is 19.2. The van der Waals surface area contributed by atoms with Crippen LogP contribution in [0.15, 0.2) is 0 Å². The number of carbonyl (C=O) groups is 2. The summed E-state index contributed by atoms with van der Waals surface area (Å²) in [4.78, 5) is 24.2. The Morgan fingerprint density at radius 3 is 2.23 bits per heavy atom. The summed E-state index contributed by atoms with van der Waals surface area (Å²) in [5.41, 5.74) is 5.68. The zero-order valence-electron chi connectivity index (χ0n) is 13.9. The summed E-state index contributed by atoms with van der Waals surface area (Å²) in [5.74, 6) is 1.11. The largest absolute Gasteiger partial charge is 0.359 e. The van der Waals surface area contributed by atoms with Gasteiger partial charge in [0, 0.05) is 25.6 Å². The Balaban J connectivity index is 0.00000242. The lowest BCUT2D eigenvalue weighted by Crippen LogP contribution is -2.50. The average molecular weight is 332 g/mol. The monoisotopic (exact) mass is 331 g/mol. The molecule has 2 aliphatic carbocycles. The first-order valence-electron chi connectivity index (χ1n) is 8.10. The number of hydrogen-bond acceptors (Lipinski definition) is 3. The molecule has 4 N–H and O–H groups in total. The fourth-order valence-electron chi connectivity index (χ4n) is 3.87. The molecule has 2 atom stereocenters. The van der Waals surface area contributed by atoms with Crippen LogP contribution in [0.4, 0.5) is 0 Å². The molecule has 22 heavy (non-hydrogen) atoms. The van der Waals surface area contributed by atoms with Crippen molar-refractivity contribution in [3.63, 3.8) is 0 Å². The number of fused-ring (bicyclic) bond motifs is 2. The van der Waals surface area contributed by atoms with E-state index in [2.05, 4.69) is 10.6 Å². The molecule has 2 fully saturated rings. The highest BCUT2D eigenvalue weighted by Crippen LogP contribution is 2.41. The lowest BCUT2D eigenvalue weighted by Gasteiger charge is -2.43. The van der Waals surface area contributed by atoms with Crippen LogP contribution in [0.5, 0.6) is 0 Å². The summed E-state index contributed by atoms with van der Waals surface area (Å²) in [5, 5.41) is 5.61. The highest BCUT2D eigenvalue weighted by atomic mass is 35.5. The molecule has 0 spiro atoms. The van der Waals surface area contributed by atoms with Gasteiger partial charge in [-0.3, -0.25) is 9.59 Å². The first-order valence-corrected chi connectivity index (χ1v) is 8.10. The quantitative estimate of drug-likeness (QED) is 0.729. The first-order chi connectivity index (χ1) is 9.85. The number of rotatable bonds is 4. The van der Waals surface area contributed by atoms with Crippen molar-refractivity contribution in [2.45, 2.75) is 52.0 Å². The highest BCUT2D eigenvalue weighted by molar-refractivity contribution is 5.85. The molecule has 2 aliphatic rings. The van der Waals surface area contributed by atoms with Crippen molar-refractivity contribution in [2.75, 3.05) is 13.6 Å². The number of halogens is 1. The van der Waals surface area contributed by atoms with E-state index in [4.69, 9.17) is 5.73 Å². The topological polar surface area (TPSA) is 84.2 Å². The molecule has 0 aromatic carbocycles. The van der Waals surface area contributed by atoms with Crippen molar-refractivity contribution in [3.8, 4) is 0 Å². The summed E-state index contributed by atoms with van der Waals surface area (Å²) in [6, 6.07) is 0.283. The predicted octanol–water partition coefficient (Wildman–Crippen LogP) is 1.45. The van der Waals surface area contributed by atoms with Crippen LogP contribution in [-0.2, 0) is 9.59 Å². The molecule has 2 amide bonds. The molecule has 0 heterocycles. The summed E-state index contributed by atoms with van der Waals surface area (Å²) < 4.78 is 0. The molecule has 0 aromatic heterocycles. The Hall–Kier alpha value is -0.810. The minimum absolute atomic E-state index is 0. The van der Waals surface area contributed by atoms with Gasteiger partial charge < -0.3 is 16.4 Å². The van der Waals surface area contributed by atoms with E-state index in [9.17, 15) is 9.59 Å². The van der Waals surface area contributed by atoms with Crippen LogP contribution >= 0.6 is 12.4 Å². The van der Waals surface area contributed by atoms with Crippen LogP contribution in [0.2, 0.25) is 0 Å². The van der Waals surface area contributed by atoms with Crippen molar-refractivity contribution in [3.05, 3.63) is 0 Å². The summed E-state index contributed by atoms with van der Waals surface area (Å²) >= 11 is 0. The van der Waals surface area contributed by atoms with E-state index in [1.54, 1.807) is 7.05 Å².